The Morgan fingerprint density at radius 1 is 1.00 bits per heavy atom. The van der Waals surface area contributed by atoms with Crippen molar-refractivity contribution in [2.45, 2.75) is 19.4 Å². The van der Waals surface area contributed by atoms with E-state index in [4.69, 9.17) is 14.2 Å². The van der Waals surface area contributed by atoms with Crippen LogP contribution in [-0.2, 0) is 14.3 Å². The van der Waals surface area contributed by atoms with Crippen LogP contribution < -0.4 is 14.4 Å². The average Bonchev–Trinajstić information content (AvgIpc) is 3.21. The van der Waals surface area contributed by atoms with Crippen molar-refractivity contribution >= 4 is 29.1 Å². The van der Waals surface area contributed by atoms with Crippen molar-refractivity contribution in [3.05, 3.63) is 89.3 Å². The molecule has 1 aliphatic heterocycles. The highest BCUT2D eigenvalue weighted by atomic mass is 16.5. The van der Waals surface area contributed by atoms with Crippen LogP contribution in [0.15, 0.2) is 72.4 Å². The zero-order valence-corrected chi connectivity index (χ0v) is 20.6. The van der Waals surface area contributed by atoms with Crippen molar-refractivity contribution in [3.63, 3.8) is 0 Å². The Morgan fingerprint density at radius 3 is 2.32 bits per heavy atom. The largest absolute Gasteiger partial charge is 0.506 e. The molecule has 4 rings (SSSR count). The number of anilines is 1. The van der Waals surface area contributed by atoms with Gasteiger partial charge < -0.3 is 19.3 Å². The van der Waals surface area contributed by atoms with Crippen LogP contribution in [0.2, 0.25) is 0 Å². The predicted octanol–water partition coefficient (Wildman–Crippen LogP) is 4.29. The smallest absolute Gasteiger partial charge is 0.338 e. The summed E-state index contributed by atoms with van der Waals surface area (Å²) in [5.41, 5.74) is 0.777. The number of hydrogen-bond acceptors (Lipinski definition) is 8. The molecule has 190 valence electrons. The van der Waals surface area contributed by atoms with E-state index in [-0.39, 0.29) is 40.5 Å². The first-order chi connectivity index (χ1) is 17.9. The number of Topliss-reactive ketones (excluding diaryl/α,β-unsaturated/α-hetero) is 1. The molecule has 3 aromatic rings. The van der Waals surface area contributed by atoms with Crippen LogP contribution in [0.25, 0.3) is 5.76 Å². The number of ether oxygens (including phenoxy) is 3. The fourth-order valence-corrected chi connectivity index (χ4v) is 4.20. The van der Waals surface area contributed by atoms with E-state index < -0.39 is 29.5 Å². The monoisotopic (exact) mass is 502 g/mol. The number of carbonyl (C=O) groups excluding carboxylic acids is 3. The number of hydrogen-bond donors (Lipinski definition) is 1. The molecule has 0 saturated carbocycles. The van der Waals surface area contributed by atoms with Gasteiger partial charge in [0.1, 0.15) is 28.9 Å². The van der Waals surface area contributed by atoms with E-state index in [0.29, 0.717) is 12.1 Å². The number of aliphatic hydroxyl groups excluding tert-OH is 1. The number of aromatic nitrogens is 1. The number of pyridine rings is 1. The number of rotatable bonds is 8. The summed E-state index contributed by atoms with van der Waals surface area (Å²) in [7, 11) is 2.84. The van der Waals surface area contributed by atoms with Crippen LogP contribution in [-0.4, -0.2) is 48.6 Å². The van der Waals surface area contributed by atoms with Crippen molar-refractivity contribution in [1.82, 2.24) is 4.98 Å². The van der Waals surface area contributed by atoms with Gasteiger partial charge >= 0.3 is 5.97 Å². The highest BCUT2D eigenvalue weighted by molar-refractivity contribution is 6.51. The lowest BCUT2D eigenvalue weighted by atomic mass is 9.97. The van der Waals surface area contributed by atoms with Gasteiger partial charge in [0, 0.05) is 11.9 Å². The first-order valence-corrected chi connectivity index (χ1v) is 11.6. The summed E-state index contributed by atoms with van der Waals surface area (Å²) in [6.07, 6.45) is 2.18. The maximum Gasteiger partial charge on any atom is 0.338 e. The van der Waals surface area contributed by atoms with Gasteiger partial charge in [0.25, 0.3) is 11.7 Å². The molecule has 1 aliphatic rings. The Balaban J connectivity index is 1.93. The maximum atomic E-state index is 13.4. The molecule has 9 nitrogen and oxygen atoms in total. The summed E-state index contributed by atoms with van der Waals surface area (Å²) in [5.74, 6) is -2.31. The zero-order chi connectivity index (χ0) is 26.5. The molecule has 0 spiro atoms. The van der Waals surface area contributed by atoms with Gasteiger partial charge in [-0.2, -0.15) is 0 Å². The first kappa shape index (κ1) is 25.4. The quantitative estimate of drug-likeness (QED) is 0.210. The Bertz CT molecular complexity index is 1350. The molecular weight excluding hydrogens is 476 g/mol. The molecule has 1 atom stereocenters. The number of methoxy groups -OCH3 is 2. The standard InChI is InChI=1S/C28H26N2O7/c1-4-15-37-28(34)17-9-7-10-18(16-17)30-24(19-11-5-6-14-29-19)23(26(32)27(30)33)25(31)22-20(35-2)12-8-13-21(22)36-3/h5-14,16,24,31H,4,15H2,1-3H3/b25-23+. The summed E-state index contributed by atoms with van der Waals surface area (Å²) in [4.78, 5) is 44.9. The lowest BCUT2D eigenvalue weighted by Gasteiger charge is -2.25. The van der Waals surface area contributed by atoms with Crippen molar-refractivity contribution in [2.75, 3.05) is 25.7 Å². The minimum Gasteiger partial charge on any atom is -0.506 e. The highest BCUT2D eigenvalue weighted by Crippen LogP contribution is 2.44. The van der Waals surface area contributed by atoms with E-state index in [1.54, 1.807) is 54.6 Å². The van der Waals surface area contributed by atoms with Gasteiger partial charge in [-0.05, 0) is 48.9 Å². The first-order valence-electron chi connectivity index (χ1n) is 11.6. The normalized spacial score (nSPS) is 16.5. The average molecular weight is 503 g/mol. The van der Waals surface area contributed by atoms with Crippen molar-refractivity contribution < 1.29 is 33.7 Å². The lowest BCUT2D eigenvalue weighted by Crippen LogP contribution is -2.30. The summed E-state index contributed by atoms with van der Waals surface area (Å²) in [6.45, 7) is 2.13. The number of carbonyl (C=O) groups is 3. The topological polar surface area (TPSA) is 115 Å². The second-order valence-electron chi connectivity index (χ2n) is 8.15. The predicted molar refractivity (Wildman–Crippen MR) is 136 cm³/mol. The SMILES string of the molecule is CCCOC(=O)c1cccc(N2C(=O)C(=O)/C(=C(/O)c3c(OC)cccc3OC)C2c2ccccn2)c1. The lowest BCUT2D eigenvalue weighted by molar-refractivity contribution is -0.132. The molecule has 0 aliphatic carbocycles. The van der Waals surface area contributed by atoms with Crippen LogP contribution >= 0.6 is 0 Å². The van der Waals surface area contributed by atoms with Gasteiger partial charge in [-0.1, -0.05) is 25.1 Å². The number of benzene rings is 2. The third kappa shape index (κ3) is 4.75. The van der Waals surface area contributed by atoms with Crippen LogP contribution in [0.3, 0.4) is 0 Å². The van der Waals surface area contributed by atoms with E-state index in [0.717, 1.165) is 0 Å². The van der Waals surface area contributed by atoms with Gasteiger partial charge in [-0.15, -0.1) is 0 Å². The van der Waals surface area contributed by atoms with Gasteiger partial charge in [0.15, 0.2) is 0 Å². The number of nitrogens with zero attached hydrogens (tertiary/aromatic N) is 2. The highest BCUT2D eigenvalue weighted by Gasteiger charge is 2.48. The summed E-state index contributed by atoms with van der Waals surface area (Å²) >= 11 is 0. The molecule has 1 unspecified atom stereocenters. The fourth-order valence-electron chi connectivity index (χ4n) is 4.20. The molecule has 1 saturated heterocycles. The molecule has 0 radical (unpaired) electrons. The Labute approximate surface area is 213 Å². The Kier molecular flexibility index (Phi) is 7.52. The fraction of sp³-hybridized carbons (Fsp3) is 0.214. The molecule has 0 bridgehead atoms. The molecule has 9 heteroatoms. The van der Waals surface area contributed by atoms with Crippen LogP contribution in [0.5, 0.6) is 11.5 Å². The van der Waals surface area contributed by atoms with Gasteiger partial charge in [0.05, 0.1) is 37.7 Å². The molecule has 2 heterocycles. The third-order valence-electron chi connectivity index (χ3n) is 5.87. The van der Waals surface area contributed by atoms with Crippen LogP contribution in [0.4, 0.5) is 5.69 Å². The minimum absolute atomic E-state index is 0.128. The zero-order valence-electron chi connectivity index (χ0n) is 20.6. The van der Waals surface area contributed by atoms with Gasteiger partial charge in [-0.3, -0.25) is 19.5 Å². The van der Waals surface area contributed by atoms with Gasteiger partial charge in [0.2, 0.25) is 0 Å². The molecule has 2 aromatic carbocycles. The number of esters is 1. The summed E-state index contributed by atoms with van der Waals surface area (Å²) < 4.78 is 16.0. The van der Waals surface area contributed by atoms with E-state index in [2.05, 4.69) is 4.98 Å². The van der Waals surface area contributed by atoms with Crippen LogP contribution in [0.1, 0.15) is 41.0 Å². The molecule has 37 heavy (non-hydrogen) atoms. The number of ketones is 1. The summed E-state index contributed by atoms with van der Waals surface area (Å²) in [5, 5.41) is 11.5. The molecular formula is C28H26N2O7. The Morgan fingerprint density at radius 2 is 1.70 bits per heavy atom. The molecule has 1 aromatic heterocycles. The second-order valence-corrected chi connectivity index (χ2v) is 8.15. The number of aliphatic hydroxyl groups is 1. The van der Waals surface area contributed by atoms with E-state index in [1.165, 1.54) is 31.4 Å². The second kappa shape index (κ2) is 10.9. The maximum absolute atomic E-state index is 13.4. The van der Waals surface area contributed by atoms with Crippen molar-refractivity contribution in [2.24, 2.45) is 0 Å². The number of amides is 1. The third-order valence-corrected chi connectivity index (χ3v) is 5.87. The van der Waals surface area contributed by atoms with E-state index in [1.807, 2.05) is 6.92 Å². The van der Waals surface area contributed by atoms with Crippen molar-refractivity contribution in [3.8, 4) is 11.5 Å². The Hall–Kier alpha value is -4.66. The summed E-state index contributed by atoms with van der Waals surface area (Å²) in [6, 6.07) is 15.1. The van der Waals surface area contributed by atoms with Crippen LogP contribution in [0, 0.1) is 0 Å². The molecule has 1 amide bonds. The molecule has 1 fully saturated rings. The van der Waals surface area contributed by atoms with E-state index in [9.17, 15) is 19.5 Å². The van der Waals surface area contributed by atoms with Gasteiger partial charge in [-0.25, -0.2) is 4.79 Å². The molecule has 1 N–H and O–H groups in total. The minimum atomic E-state index is -1.09. The van der Waals surface area contributed by atoms with Crippen molar-refractivity contribution in [1.29, 1.82) is 0 Å². The van der Waals surface area contributed by atoms with E-state index >= 15 is 0 Å².